The van der Waals surface area contributed by atoms with Crippen molar-refractivity contribution in [3.63, 3.8) is 0 Å². The predicted octanol–water partition coefficient (Wildman–Crippen LogP) is 3.27. The Morgan fingerprint density at radius 1 is 0.893 bits per heavy atom. The van der Waals surface area contributed by atoms with Crippen LogP contribution < -0.4 is 11.1 Å². The van der Waals surface area contributed by atoms with Gasteiger partial charge in [-0.1, -0.05) is 30.0 Å². The average molecular weight is 389 g/mol. The molecule has 0 saturated heterocycles. The fourth-order valence-corrected chi connectivity index (χ4v) is 3.80. The van der Waals surface area contributed by atoms with Gasteiger partial charge in [0.25, 0.3) is 0 Å². The number of rotatable bonds is 5. The molecule has 0 aliphatic rings. The largest absolute Gasteiger partial charge is 0.384 e. The molecule has 3 rings (SSSR count). The summed E-state index contributed by atoms with van der Waals surface area (Å²) in [6, 6.07) is 22.1. The van der Waals surface area contributed by atoms with Gasteiger partial charge in [-0.05, 0) is 60.7 Å². The number of nitrogen functional groups attached to an aromatic ring is 1. The molecule has 6 heteroatoms. The molecular weight excluding hydrogens is 370 g/mol. The van der Waals surface area contributed by atoms with Crippen LogP contribution >= 0.6 is 0 Å². The van der Waals surface area contributed by atoms with Gasteiger partial charge in [0.1, 0.15) is 5.84 Å². The van der Waals surface area contributed by atoms with Crippen molar-refractivity contribution in [1.29, 1.82) is 5.41 Å². The van der Waals surface area contributed by atoms with E-state index in [9.17, 15) is 8.42 Å². The van der Waals surface area contributed by atoms with Crippen LogP contribution in [0.15, 0.2) is 88.7 Å². The lowest BCUT2D eigenvalue weighted by Crippen LogP contribution is -2.10. The monoisotopic (exact) mass is 389 g/mol. The molecule has 0 unspecified atom stereocenters. The number of benzene rings is 3. The molecule has 0 aromatic heterocycles. The highest BCUT2D eigenvalue weighted by Gasteiger charge is 2.16. The Labute approximate surface area is 164 Å². The molecule has 0 aliphatic carbocycles. The van der Waals surface area contributed by atoms with Gasteiger partial charge in [0.2, 0.25) is 9.84 Å². The second-order valence-electron chi connectivity index (χ2n) is 5.99. The first-order chi connectivity index (χ1) is 13.5. The number of anilines is 1. The van der Waals surface area contributed by atoms with Crippen molar-refractivity contribution < 1.29 is 8.42 Å². The molecule has 3 aromatic carbocycles. The molecule has 5 nitrogen and oxygen atoms in total. The normalized spacial score (nSPS) is 10.6. The maximum Gasteiger partial charge on any atom is 0.206 e. The van der Waals surface area contributed by atoms with Crippen molar-refractivity contribution in [2.75, 3.05) is 11.9 Å². The number of hydrogen-bond acceptors (Lipinski definition) is 4. The molecule has 4 N–H and O–H groups in total. The summed E-state index contributed by atoms with van der Waals surface area (Å²) < 4.78 is 25.1. The lowest BCUT2D eigenvalue weighted by Gasteiger charge is -2.04. The van der Waals surface area contributed by atoms with Gasteiger partial charge in [-0.15, -0.1) is 0 Å². The van der Waals surface area contributed by atoms with Gasteiger partial charge < -0.3 is 11.1 Å². The van der Waals surface area contributed by atoms with Crippen molar-refractivity contribution in [1.82, 2.24) is 0 Å². The first-order valence-corrected chi connectivity index (χ1v) is 10.0. The van der Waals surface area contributed by atoms with E-state index < -0.39 is 9.84 Å². The summed E-state index contributed by atoms with van der Waals surface area (Å²) in [5.41, 5.74) is 7.71. The number of amidine groups is 1. The van der Waals surface area contributed by atoms with Gasteiger partial charge in [0.15, 0.2) is 0 Å². The molecule has 140 valence electrons. The summed E-state index contributed by atoms with van der Waals surface area (Å²) in [7, 11) is -3.51. The minimum atomic E-state index is -3.51. The van der Waals surface area contributed by atoms with Crippen LogP contribution in [0, 0.1) is 17.3 Å². The van der Waals surface area contributed by atoms with Crippen LogP contribution in [0.5, 0.6) is 0 Å². The van der Waals surface area contributed by atoms with E-state index in [1.807, 2.05) is 12.1 Å². The second kappa shape index (κ2) is 8.42. The van der Waals surface area contributed by atoms with Gasteiger partial charge in [0, 0.05) is 16.8 Å². The molecule has 0 spiro atoms. The molecule has 0 atom stereocenters. The van der Waals surface area contributed by atoms with E-state index in [-0.39, 0.29) is 15.6 Å². The highest BCUT2D eigenvalue weighted by Crippen LogP contribution is 2.20. The minimum absolute atomic E-state index is 0.0315. The summed E-state index contributed by atoms with van der Waals surface area (Å²) >= 11 is 0. The van der Waals surface area contributed by atoms with Gasteiger partial charge in [-0.2, -0.15) is 0 Å². The van der Waals surface area contributed by atoms with Crippen LogP contribution in [0.2, 0.25) is 0 Å². The molecule has 0 heterocycles. The number of nitrogens with one attached hydrogen (secondary N) is 2. The van der Waals surface area contributed by atoms with Gasteiger partial charge in [-0.25, -0.2) is 8.42 Å². The van der Waals surface area contributed by atoms with Crippen LogP contribution in [0.3, 0.4) is 0 Å². The molecule has 3 aromatic rings. The third kappa shape index (κ3) is 4.58. The Hall–Kier alpha value is -3.56. The van der Waals surface area contributed by atoms with Crippen molar-refractivity contribution in [3.8, 4) is 11.8 Å². The van der Waals surface area contributed by atoms with Crippen LogP contribution in [-0.4, -0.2) is 20.8 Å². The zero-order valence-electron chi connectivity index (χ0n) is 15.0. The third-order valence-electron chi connectivity index (χ3n) is 4.03. The van der Waals surface area contributed by atoms with Crippen molar-refractivity contribution in [2.45, 2.75) is 9.79 Å². The first-order valence-electron chi connectivity index (χ1n) is 8.54. The smallest absolute Gasteiger partial charge is 0.206 e. The van der Waals surface area contributed by atoms with Crippen molar-refractivity contribution in [3.05, 3.63) is 90.0 Å². The Morgan fingerprint density at radius 3 is 2.11 bits per heavy atom. The molecule has 0 aliphatic heterocycles. The first kappa shape index (κ1) is 19.2. The fraction of sp³-hybridized carbons (Fsp3) is 0.0455. The van der Waals surface area contributed by atoms with Crippen LogP contribution in [0.1, 0.15) is 11.1 Å². The lowest BCUT2D eigenvalue weighted by atomic mass is 10.2. The summed E-state index contributed by atoms with van der Waals surface area (Å²) in [4.78, 5) is 0.516. The molecule has 0 radical (unpaired) electrons. The molecule has 0 fully saturated rings. The van der Waals surface area contributed by atoms with E-state index in [4.69, 9.17) is 11.1 Å². The number of sulfone groups is 1. The Bertz CT molecular complexity index is 1130. The fourth-order valence-electron chi connectivity index (χ4n) is 2.51. The Balaban J connectivity index is 1.63. The topological polar surface area (TPSA) is 96.0 Å². The van der Waals surface area contributed by atoms with Crippen LogP contribution in [-0.2, 0) is 9.84 Å². The standard InChI is InChI=1S/C22H19N3O2S/c23-22(24)18-10-12-19(13-11-18)25-16-4-5-17-8-14-21(15-9-17)28(26,27)20-6-2-1-3-7-20/h1-3,6-15,25H,16H2,(H3,23,24). The third-order valence-corrected chi connectivity index (χ3v) is 5.81. The van der Waals surface area contributed by atoms with E-state index in [0.29, 0.717) is 12.1 Å². The summed E-state index contributed by atoms with van der Waals surface area (Å²) in [5, 5.41) is 10.5. The molecule has 0 saturated carbocycles. The molecular formula is C22H19N3O2S. The van der Waals surface area contributed by atoms with Gasteiger partial charge >= 0.3 is 0 Å². The number of hydrogen-bond donors (Lipinski definition) is 3. The predicted molar refractivity (Wildman–Crippen MR) is 111 cm³/mol. The second-order valence-corrected chi connectivity index (χ2v) is 7.94. The van der Waals surface area contributed by atoms with E-state index in [1.54, 1.807) is 66.7 Å². The molecule has 28 heavy (non-hydrogen) atoms. The van der Waals surface area contributed by atoms with Gasteiger partial charge in [-0.3, -0.25) is 5.41 Å². The lowest BCUT2D eigenvalue weighted by molar-refractivity contribution is 0.596. The zero-order chi connectivity index (χ0) is 20.0. The van der Waals surface area contributed by atoms with E-state index in [1.165, 1.54) is 0 Å². The van der Waals surface area contributed by atoms with Crippen LogP contribution in [0.25, 0.3) is 0 Å². The average Bonchev–Trinajstić information content (AvgIpc) is 2.72. The highest BCUT2D eigenvalue weighted by atomic mass is 32.2. The maximum absolute atomic E-state index is 12.6. The Morgan fingerprint density at radius 2 is 1.50 bits per heavy atom. The minimum Gasteiger partial charge on any atom is -0.384 e. The van der Waals surface area contributed by atoms with Crippen LogP contribution in [0.4, 0.5) is 5.69 Å². The summed E-state index contributed by atoms with van der Waals surface area (Å²) in [6.07, 6.45) is 0. The van der Waals surface area contributed by atoms with Crippen molar-refractivity contribution >= 4 is 21.4 Å². The summed E-state index contributed by atoms with van der Waals surface area (Å²) in [5.74, 6) is 6.03. The maximum atomic E-state index is 12.6. The zero-order valence-corrected chi connectivity index (χ0v) is 15.8. The Kier molecular flexibility index (Phi) is 5.78. The quantitative estimate of drug-likeness (QED) is 0.354. The summed E-state index contributed by atoms with van der Waals surface area (Å²) in [6.45, 7) is 0.434. The molecule has 0 bridgehead atoms. The van der Waals surface area contributed by atoms with Crippen molar-refractivity contribution in [2.24, 2.45) is 5.73 Å². The number of nitrogens with two attached hydrogens (primary N) is 1. The van der Waals surface area contributed by atoms with E-state index in [0.717, 1.165) is 11.3 Å². The highest BCUT2D eigenvalue weighted by molar-refractivity contribution is 7.91. The van der Waals surface area contributed by atoms with E-state index >= 15 is 0 Å². The SMILES string of the molecule is N=C(N)c1ccc(NCC#Cc2ccc(S(=O)(=O)c3ccccc3)cc2)cc1. The van der Waals surface area contributed by atoms with E-state index in [2.05, 4.69) is 17.2 Å². The molecule has 0 amide bonds. The van der Waals surface area contributed by atoms with Gasteiger partial charge in [0.05, 0.1) is 16.3 Å².